The maximum atomic E-state index is 5.89. The molecule has 2 aromatic rings. The van der Waals surface area contributed by atoms with Crippen molar-refractivity contribution in [1.29, 1.82) is 0 Å². The zero-order valence-electron chi connectivity index (χ0n) is 12.7. The van der Waals surface area contributed by atoms with Crippen LogP contribution in [0.3, 0.4) is 0 Å². The monoisotopic (exact) mass is 293 g/mol. The van der Waals surface area contributed by atoms with Crippen LogP contribution in [0.25, 0.3) is 10.2 Å². The molecule has 1 unspecified atom stereocenters. The Bertz CT molecular complexity index is 550. The van der Waals surface area contributed by atoms with Crippen molar-refractivity contribution in [2.75, 3.05) is 13.2 Å². The molecule has 4 heteroatoms. The van der Waals surface area contributed by atoms with Crippen LogP contribution in [0.1, 0.15) is 32.2 Å². The fraction of sp³-hybridized carbons (Fsp3) is 0.562. The lowest BCUT2D eigenvalue weighted by atomic mass is 10.1. The Morgan fingerprint density at radius 3 is 2.80 bits per heavy atom. The van der Waals surface area contributed by atoms with Crippen molar-refractivity contribution in [2.45, 2.75) is 40.2 Å². The Kier molecular flexibility index (Phi) is 5.38. The van der Waals surface area contributed by atoms with Crippen molar-refractivity contribution < 1.29 is 9.47 Å². The smallest absolute Gasteiger partial charge is 0.121 e. The molecule has 20 heavy (non-hydrogen) atoms. The molecule has 0 spiro atoms. The molecule has 0 radical (unpaired) electrons. The second-order valence-corrected chi connectivity index (χ2v) is 6.62. The molecule has 1 heterocycles. The fourth-order valence-electron chi connectivity index (χ4n) is 2.24. The summed E-state index contributed by atoms with van der Waals surface area (Å²) in [6.07, 6.45) is 1.19. The van der Waals surface area contributed by atoms with Gasteiger partial charge in [0, 0.05) is 6.61 Å². The van der Waals surface area contributed by atoms with E-state index in [1.807, 2.05) is 26.0 Å². The molecule has 0 amide bonds. The van der Waals surface area contributed by atoms with E-state index in [0.717, 1.165) is 29.3 Å². The quantitative estimate of drug-likeness (QED) is 0.756. The number of hydrogen-bond donors (Lipinski definition) is 0. The van der Waals surface area contributed by atoms with Gasteiger partial charge in [-0.15, -0.1) is 11.3 Å². The summed E-state index contributed by atoms with van der Waals surface area (Å²) in [5.74, 6) is 1.51. The number of thiazole rings is 1. The molecule has 0 fully saturated rings. The molecule has 0 saturated heterocycles. The summed E-state index contributed by atoms with van der Waals surface area (Å²) in [6, 6.07) is 6.07. The summed E-state index contributed by atoms with van der Waals surface area (Å²) in [7, 11) is 0. The molecule has 0 aliphatic heterocycles. The highest BCUT2D eigenvalue weighted by atomic mass is 32.1. The predicted octanol–water partition coefficient (Wildman–Crippen LogP) is 4.43. The molecule has 0 bridgehead atoms. The van der Waals surface area contributed by atoms with Crippen LogP contribution in [0.5, 0.6) is 5.75 Å². The predicted molar refractivity (Wildman–Crippen MR) is 84.7 cm³/mol. The molecular weight excluding hydrogens is 270 g/mol. The minimum Gasteiger partial charge on any atom is -0.491 e. The summed E-state index contributed by atoms with van der Waals surface area (Å²) < 4.78 is 12.8. The third-order valence-electron chi connectivity index (χ3n) is 3.04. The van der Waals surface area contributed by atoms with Gasteiger partial charge in [-0.05, 0) is 44.4 Å². The highest BCUT2D eigenvalue weighted by molar-refractivity contribution is 7.18. The van der Waals surface area contributed by atoms with E-state index >= 15 is 0 Å². The molecule has 1 aromatic carbocycles. The Balaban J connectivity index is 1.99. The van der Waals surface area contributed by atoms with E-state index in [-0.39, 0.29) is 6.10 Å². The van der Waals surface area contributed by atoms with Crippen LogP contribution in [-0.2, 0) is 4.74 Å². The zero-order valence-corrected chi connectivity index (χ0v) is 13.5. The molecule has 110 valence electrons. The first kappa shape index (κ1) is 15.3. The summed E-state index contributed by atoms with van der Waals surface area (Å²) in [5, 5.41) is 1.09. The van der Waals surface area contributed by atoms with E-state index in [1.54, 1.807) is 11.3 Å². The minimum absolute atomic E-state index is 0.166. The van der Waals surface area contributed by atoms with Gasteiger partial charge < -0.3 is 9.47 Å². The van der Waals surface area contributed by atoms with Crippen molar-refractivity contribution in [2.24, 2.45) is 5.92 Å². The number of ether oxygens (including phenoxy) is 2. The van der Waals surface area contributed by atoms with Gasteiger partial charge in [-0.3, -0.25) is 0 Å². The average molecular weight is 293 g/mol. The maximum Gasteiger partial charge on any atom is 0.121 e. The molecule has 1 atom stereocenters. The lowest BCUT2D eigenvalue weighted by Crippen LogP contribution is -2.23. The average Bonchev–Trinajstić information content (AvgIpc) is 2.75. The Hall–Kier alpha value is -1.13. The molecular formula is C16H23NO2S. The molecule has 3 nitrogen and oxygen atoms in total. The van der Waals surface area contributed by atoms with Gasteiger partial charge in [0.05, 0.1) is 21.3 Å². The van der Waals surface area contributed by atoms with Gasteiger partial charge >= 0.3 is 0 Å². The van der Waals surface area contributed by atoms with Crippen LogP contribution in [0.4, 0.5) is 0 Å². The fourth-order valence-corrected chi connectivity index (χ4v) is 3.10. The van der Waals surface area contributed by atoms with Crippen LogP contribution in [0.15, 0.2) is 18.2 Å². The van der Waals surface area contributed by atoms with E-state index < -0.39 is 0 Å². The molecule has 0 N–H and O–H groups in total. The summed E-state index contributed by atoms with van der Waals surface area (Å²) in [6.45, 7) is 9.80. The molecule has 1 aromatic heterocycles. The van der Waals surface area contributed by atoms with Gasteiger partial charge in [0.25, 0.3) is 0 Å². The van der Waals surface area contributed by atoms with Gasteiger partial charge in [0.1, 0.15) is 12.4 Å². The number of rotatable bonds is 7. The summed E-state index contributed by atoms with van der Waals surface area (Å²) in [5.41, 5.74) is 1.04. The SMILES string of the molecule is CCOC(COc1ccc2nc(C)sc2c1)CC(C)C. The molecule has 0 aliphatic carbocycles. The standard InChI is InChI=1S/C16H23NO2S/c1-5-18-14(8-11(2)3)10-19-13-6-7-15-16(9-13)20-12(4)17-15/h6-7,9,11,14H,5,8,10H2,1-4H3. The topological polar surface area (TPSA) is 31.4 Å². The third kappa shape index (κ3) is 4.18. The largest absolute Gasteiger partial charge is 0.491 e. The first-order chi connectivity index (χ1) is 9.58. The first-order valence-electron chi connectivity index (χ1n) is 7.20. The van der Waals surface area contributed by atoms with E-state index in [2.05, 4.69) is 24.9 Å². The number of benzene rings is 1. The lowest BCUT2D eigenvalue weighted by molar-refractivity contribution is 0.0151. The van der Waals surface area contributed by atoms with E-state index in [9.17, 15) is 0 Å². The summed E-state index contributed by atoms with van der Waals surface area (Å²) >= 11 is 1.70. The highest BCUT2D eigenvalue weighted by Crippen LogP contribution is 2.26. The molecule has 0 aliphatic rings. The summed E-state index contributed by atoms with van der Waals surface area (Å²) in [4.78, 5) is 4.46. The number of aromatic nitrogens is 1. The van der Waals surface area contributed by atoms with Gasteiger partial charge in [0.15, 0.2) is 0 Å². The first-order valence-corrected chi connectivity index (χ1v) is 8.01. The zero-order chi connectivity index (χ0) is 14.5. The second kappa shape index (κ2) is 7.04. The van der Waals surface area contributed by atoms with Crippen molar-refractivity contribution in [3.8, 4) is 5.75 Å². The molecule has 2 rings (SSSR count). The number of nitrogens with zero attached hydrogens (tertiary/aromatic N) is 1. The maximum absolute atomic E-state index is 5.89. The van der Waals surface area contributed by atoms with Crippen LogP contribution >= 0.6 is 11.3 Å². The second-order valence-electron chi connectivity index (χ2n) is 5.38. The van der Waals surface area contributed by atoms with Crippen LogP contribution in [0.2, 0.25) is 0 Å². The highest BCUT2D eigenvalue weighted by Gasteiger charge is 2.12. The Morgan fingerprint density at radius 2 is 2.10 bits per heavy atom. The van der Waals surface area contributed by atoms with Gasteiger partial charge in [0.2, 0.25) is 0 Å². The normalized spacial score (nSPS) is 13.1. The lowest BCUT2D eigenvalue weighted by Gasteiger charge is -2.19. The number of aryl methyl sites for hydroxylation is 1. The van der Waals surface area contributed by atoms with Crippen LogP contribution in [-0.4, -0.2) is 24.3 Å². The van der Waals surface area contributed by atoms with Crippen LogP contribution in [0, 0.1) is 12.8 Å². The van der Waals surface area contributed by atoms with Crippen molar-refractivity contribution in [1.82, 2.24) is 4.98 Å². The van der Waals surface area contributed by atoms with E-state index in [4.69, 9.17) is 9.47 Å². The van der Waals surface area contributed by atoms with Crippen molar-refractivity contribution in [3.05, 3.63) is 23.2 Å². The number of fused-ring (bicyclic) bond motifs is 1. The van der Waals surface area contributed by atoms with Crippen molar-refractivity contribution in [3.63, 3.8) is 0 Å². The Labute approximate surface area is 124 Å². The third-order valence-corrected chi connectivity index (χ3v) is 3.97. The van der Waals surface area contributed by atoms with E-state index in [1.165, 1.54) is 4.70 Å². The Morgan fingerprint density at radius 1 is 1.30 bits per heavy atom. The number of hydrogen-bond acceptors (Lipinski definition) is 4. The van der Waals surface area contributed by atoms with Gasteiger partial charge in [-0.2, -0.15) is 0 Å². The van der Waals surface area contributed by atoms with Gasteiger partial charge in [-0.1, -0.05) is 13.8 Å². The van der Waals surface area contributed by atoms with Crippen molar-refractivity contribution >= 4 is 21.6 Å². The van der Waals surface area contributed by atoms with Crippen LogP contribution < -0.4 is 4.74 Å². The molecule has 0 saturated carbocycles. The van der Waals surface area contributed by atoms with E-state index in [0.29, 0.717) is 12.5 Å². The van der Waals surface area contributed by atoms with Gasteiger partial charge in [-0.25, -0.2) is 4.98 Å². The minimum atomic E-state index is 0.166.